The summed E-state index contributed by atoms with van der Waals surface area (Å²) in [6, 6.07) is 10.4. The van der Waals surface area contributed by atoms with Crippen LogP contribution in [0.1, 0.15) is 28.4 Å². The van der Waals surface area contributed by atoms with Crippen LogP contribution in [-0.4, -0.2) is 11.9 Å². The molecule has 0 aliphatic rings. The first-order valence-electron chi connectivity index (χ1n) is 6.27. The van der Waals surface area contributed by atoms with Crippen molar-refractivity contribution < 1.29 is 14.3 Å². The van der Waals surface area contributed by atoms with Gasteiger partial charge in [-0.25, -0.2) is 4.79 Å². The Kier molecular flexibility index (Phi) is 4.53. The molecule has 0 spiro atoms. The molecule has 0 radical (unpaired) electrons. The number of anilines is 1. The summed E-state index contributed by atoms with van der Waals surface area (Å²) in [6.45, 7) is 3.48. The summed E-state index contributed by atoms with van der Waals surface area (Å²) in [4.78, 5) is 24.6. The molecule has 0 atom stereocenters. The van der Waals surface area contributed by atoms with E-state index in [1.54, 1.807) is 30.3 Å². The van der Waals surface area contributed by atoms with E-state index in [-0.39, 0.29) is 11.9 Å². The first-order chi connectivity index (χ1) is 9.58. The number of hydrogen-bond donors (Lipinski definition) is 1. The molecule has 0 unspecified atom stereocenters. The molecule has 1 heterocycles. The molecule has 2 rings (SSSR count). The number of aryl methyl sites for hydroxylation is 1. The van der Waals surface area contributed by atoms with Gasteiger partial charge in [0.25, 0.3) is 0 Å². The lowest BCUT2D eigenvalue weighted by molar-refractivity contribution is -0.114. The Morgan fingerprint density at radius 3 is 2.40 bits per heavy atom. The van der Waals surface area contributed by atoms with Crippen LogP contribution in [0.5, 0.6) is 5.75 Å². The predicted octanol–water partition coefficient (Wildman–Crippen LogP) is 3.49. The molecule has 2 aromatic rings. The number of carbonyl (C=O) groups excluding carboxylic acids is 2. The van der Waals surface area contributed by atoms with Crippen LogP contribution in [-0.2, 0) is 11.2 Å². The maximum atomic E-state index is 11.9. The van der Waals surface area contributed by atoms with Crippen LogP contribution in [0.25, 0.3) is 0 Å². The van der Waals surface area contributed by atoms with E-state index in [1.165, 1.54) is 18.3 Å². The summed E-state index contributed by atoms with van der Waals surface area (Å²) < 4.78 is 5.28. The number of hydrogen-bond acceptors (Lipinski definition) is 4. The average molecular weight is 289 g/mol. The molecular formula is C15H15NO3S. The maximum absolute atomic E-state index is 11.9. The molecule has 5 heteroatoms. The fourth-order valence-electron chi connectivity index (χ4n) is 1.64. The van der Waals surface area contributed by atoms with Crippen molar-refractivity contribution in [1.29, 1.82) is 0 Å². The molecule has 0 aliphatic carbocycles. The Bertz CT molecular complexity index is 616. The van der Waals surface area contributed by atoms with Crippen molar-refractivity contribution in [1.82, 2.24) is 0 Å². The van der Waals surface area contributed by atoms with Crippen LogP contribution in [0, 0.1) is 0 Å². The molecule has 4 nitrogen and oxygen atoms in total. The summed E-state index contributed by atoms with van der Waals surface area (Å²) in [6.07, 6.45) is 0.906. The number of benzene rings is 1. The normalized spacial score (nSPS) is 10.1. The minimum atomic E-state index is -0.359. The lowest BCUT2D eigenvalue weighted by Gasteiger charge is -2.05. The van der Waals surface area contributed by atoms with Crippen molar-refractivity contribution in [3.63, 3.8) is 0 Å². The van der Waals surface area contributed by atoms with Crippen molar-refractivity contribution in [3.05, 3.63) is 46.2 Å². The maximum Gasteiger partial charge on any atom is 0.353 e. The molecule has 1 aromatic heterocycles. The molecular weight excluding hydrogens is 274 g/mol. The van der Waals surface area contributed by atoms with Gasteiger partial charge in [-0.1, -0.05) is 6.92 Å². The second-order valence-corrected chi connectivity index (χ2v) is 5.38. The molecule has 0 bridgehead atoms. The Morgan fingerprint density at radius 1 is 1.15 bits per heavy atom. The SMILES string of the molecule is CCc1ccc(C(=O)Oc2ccc(NC(C)=O)cc2)s1. The topological polar surface area (TPSA) is 55.4 Å². The Morgan fingerprint density at radius 2 is 1.85 bits per heavy atom. The highest BCUT2D eigenvalue weighted by Gasteiger charge is 2.11. The Hall–Kier alpha value is -2.14. The predicted molar refractivity (Wildman–Crippen MR) is 79.4 cm³/mol. The highest BCUT2D eigenvalue weighted by Crippen LogP contribution is 2.21. The Labute approximate surface area is 121 Å². The van der Waals surface area contributed by atoms with Gasteiger partial charge in [-0.15, -0.1) is 11.3 Å². The third-order valence-electron chi connectivity index (χ3n) is 2.60. The van der Waals surface area contributed by atoms with Crippen LogP contribution in [0.2, 0.25) is 0 Å². The largest absolute Gasteiger partial charge is 0.422 e. The van der Waals surface area contributed by atoms with E-state index in [4.69, 9.17) is 4.74 Å². The van der Waals surface area contributed by atoms with E-state index in [2.05, 4.69) is 5.32 Å². The van der Waals surface area contributed by atoms with Crippen molar-refractivity contribution >= 4 is 28.9 Å². The molecule has 0 aliphatic heterocycles. The molecule has 1 N–H and O–H groups in total. The quantitative estimate of drug-likeness (QED) is 0.692. The monoisotopic (exact) mass is 289 g/mol. The fourth-order valence-corrected chi connectivity index (χ4v) is 2.47. The van der Waals surface area contributed by atoms with E-state index < -0.39 is 0 Å². The minimum absolute atomic E-state index is 0.138. The summed E-state index contributed by atoms with van der Waals surface area (Å²) in [5, 5.41) is 2.65. The second kappa shape index (κ2) is 6.34. The number of amides is 1. The first kappa shape index (κ1) is 14.3. The van der Waals surface area contributed by atoms with Crippen LogP contribution >= 0.6 is 11.3 Å². The lowest BCUT2D eigenvalue weighted by Crippen LogP contribution is -2.07. The Balaban J connectivity index is 2.02. The van der Waals surface area contributed by atoms with Crippen LogP contribution in [0.4, 0.5) is 5.69 Å². The van der Waals surface area contributed by atoms with Crippen LogP contribution in [0.3, 0.4) is 0 Å². The smallest absolute Gasteiger partial charge is 0.353 e. The van der Waals surface area contributed by atoms with E-state index in [0.717, 1.165) is 11.3 Å². The van der Waals surface area contributed by atoms with Gasteiger partial charge in [0, 0.05) is 17.5 Å². The highest BCUT2D eigenvalue weighted by molar-refractivity contribution is 7.13. The number of rotatable bonds is 4. The van der Waals surface area contributed by atoms with Gasteiger partial charge in [0.05, 0.1) is 0 Å². The molecule has 0 fully saturated rings. The van der Waals surface area contributed by atoms with Crippen molar-refractivity contribution in [3.8, 4) is 5.75 Å². The zero-order valence-corrected chi connectivity index (χ0v) is 12.1. The van der Waals surface area contributed by atoms with Gasteiger partial charge in [0.2, 0.25) is 5.91 Å². The van der Waals surface area contributed by atoms with E-state index in [9.17, 15) is 9.59 Å². The van der Waals surface area contributed by atoms with Gasteiger partial charge in [-0.2, -0.15) is 0 Å². The van der Waals surface area contributed by atoms with Gasteiger partial charge in [-0.05, 0) is 42.8 Å². The zero-order chi connectivity index (χ0) is 14.5. The molecule has 1 aromatic carbocycles. The van der Waals surface area contributed by atoms with Gasteiger partial charge < -0.3 is 10.1 Å². The van der Waals surface area contributed by atoms with E-state index in [1.807, 2.05) is 13.0 Å². The summed E-state index contributed by atoms with van der Waals surface area (Å²) >= 11 is 1.44. The minimum Gasteiger partial charge on any atom is -0.422 e. The molecule has 0 saturated carbocycles. The molecule has 0 saturated heterocycles. The molecule has 20 heavy (non-hydrogen) atoms. The standard InChI is InChI=1S/C15H15NO3S/c1-3-13-8-9-14(20-13)15(18)19-12-6-4-11(5-7-12)16-10(2)17/h4-9H,3H2,1-2H3,(H,16,17). The van der Waals surface area contributed by atoms with Crippen molar-refractivity contribution in [2.45, 2.75) is 20.3 Å². The summed E-state index contributed by atoms with van der Waals surface area (Å²) in [7, 11) is 0. The third kappa shape index (κ3) is 3.68. The molecule has 1 amide bonds. The van der Waals surface area contributed by atoms with E-state index in [0.29, 0.717) is 16.3 Å². The van der Waals surface area contributed by atoms with E-state index >= 15 is 0 Å². The average Bonchev–Trinajstić information content (AvgIpc) is 2.89. The van der Waals surface area contributed by atoms with Crippen LogP contribution in [0.15, 0.2) is 36.4 Å². The number of esters is 1. The van der Waals surface area contributed by atoms with Crippen molar-refractivity contribution in [2.24, 2.45) is 0 Å². The highest BCUT2D eigenvalue weighted by atomic mass is 32.1. The van der Waals surface area contributed by atoms with Crippen LogP contribution < -0.4 is 10.1 Å². The fraction of sp³-hybridized carbons (Fsp3) is 0.200. The third-order valence-corrected chi connectivity index (χ3v) is 3.81. The molecule has 104 valence electrons. The van der Waals surface area contributed by atoms with Crippen molar-refractivity contribution in [2.75, 3.05) is 5.32 Å². The van der Waals surface area contributed by atoms with Gasteiger partial charge in [0.15, 0.2) is 0 Å². The number of nitrogens with one attached hydrogen (secondary N) is 1. The van der Waals surface area contributed by atoms with Gasteiger partial charge in [0.1, 0.15) is 10.6 Å². The first-order valence-corrected chi connectivity index (χ1v) is 7.08. The second-order valence-electron chi connectivity index (χ2n) is 4.21. The number of ether oxygens (including phenoxy) is 1. The summed E-state index contributed by atoms with van der Waals surface area (Å²) in [5.41, 5.74) is 0.668. The number of thiophene rings is 1. The lowest BCUT2D eigenvalue weighted by atomic mass is 10.3. The van der Waals surface area contributed by atoms with Gasteiger partial charge >= 0.3 is 5.97 Å². The number of carbonyl (C=O) groups is 2. The van der Waals surface area contributed by atoms with Gasteiger partial charge in [-0.3, -0.25) is 4.79 Å². The summed E-state index contributed by atoms with van der Waals surface area (Å²) in [5.74, 6) is -0.0436. The zero-order valence-electron chi connectivity index (χ0n) is 11.3.